The molecular weight excluding hydrogens is 588 g/mol. The predicted molar refractivity (Wildman–Crippen MR) is 187 cm³/mol. The van der Waals surface area contributed by atoms with Crippen LogP contribution in [0.3, 0.4) is 0 Å². The van der Waals surface area contributed by atoms with Crippen LogP contribution in [0.15, 0.2) is 97.5 Å². The third kappa shape index (κ3) is 7.73. The summed E-state index contributed by atoms with van der Waals surface area (Å²) in [5.74, 6) is 2.62. The van der Waals surface area contributed by atoms with E-state index < -0.39 is 0 Å². The molecule has 0 radical (unpaired) electrons. The Morgan fingerprint density at radius 1 is 0.872 bits per heavy atom. The molecule has 0 saturated heterocycles. The van der Waals surface area contributed by atoms with Crippen molar-refractivity contribution < 1.29 is 9.53 Å². The Labute approximate surface area is 274 Å². The van der Waals surface area contributed by atoms with Gasteiger partial charge in [0, 0.05) is 29.2 Å². The van der Waals surface area contributed by atoms with Gasteiger partial charge in [0.1, 0.15) is 29.8 Å². The summed E-state index contributed by atoms with van der Waals surface area (Å²) >= 11 is 0. The molecule has 10 nitrogen and oxygen atoms in total. The minimum Gasteiger partial charge on any atom is -0.488 e. The average Bonchev–Trinajstić information content (AvgIpc) is 3.49. The van der Waals surface area contributed by atoms with Gasteiger partial charge in [-0.3, -0.25) is 10.3 Å². The van der Waals surface area contributed by atoms with Gasteiger partial charge in [-0.25, -0.2) is 19.4 Å². The number of carbonyl (C=O) groups is 1. The summed E-state index contributed by atoms with van der Waals surface area (Å²) in [5, 5.41) is 15.8. The standard InChI is InChI=1S/C37H38N8O2/c1-4-6-9-28-21-36(45(44-28)29-14-12-25(3)13-15-29)43-37(46)41-32-16-17-33(31-11-8-7-10-30(31)32)47-24-26-18-19-39-34(20-26)42-35-23-38-22-27(5-2)40-35/h7-8,10-23H,4-6,9,24H2,1-3H3,(H,39,40,42)(H2,41,43,46). The number of rotatable bonds is 12. The normalized spacial score (nSPS) is 11.0. The quantitative estimate of drug-likeness (QED) is 0.125. The molecule has 3 aromatic heterocycles. The maximum absolute atomic E-state index is 13.4. The van der Waals surface area contributed by atoms with E-state index in [4.69, 9.17) is 9.84 Å². The predicted octanol–water partition coefficient (Wildman–Crippen LogP) is 8.39. The number of carbonyl (C=O) groups excluding carboxylic acids is 1. The second-order valence-corrected chi connectivity index (χ2v) is 11.3. The van der Waals surface area contributed by atoms with Crippen molar-refractivity contribution in [3.8, 4) is 11.4 Å². The van der Waals surface area contributed by atoms with E-state index in [1.54, 1.807) is 23.3 Å². The third-order valence-corrected chi connectivity index (χ3v) is 7.72. The van der Waals surface area contributed by atoms with E-state index >= 15 is 0 Å². The number of anilines is 4. The summed E-state index contributed by atoms with van der Waals surface area (Å²) in [6, 6.07) is 25.1. The van der Waals surface area contributed by atoms with Gasteiger partial charge >= 0.3 is 6.03 Å². The maximum Gasteiger partial charge on any atom is 0.324 e. The van der Waals surface area contributed by atoms with Crippen molar-refractivity contribution in [1.29, 1.82) is 0 Å². The number of urea groups is 1. The molecule has 6 aromatic rings. The van der Waals surface area contributed by atoms with E-state index in [2.05, 4.69) is 37.8 Å². The van der Waals surface area contributed by atoms with E-state index in [9.17, 15) is 4.79 Å². The van der Waals surface area contributed by atoms with Gasteiger partial charge in [0.15, 0.2) is 0 Å². The van der Waals surface area contributed by atoms with Gasteiger partial charge in [-0.1, -0.05) is 62.2 Å². The first-order chi connectivity index (χ1) is 23.0. The molecule has 3 N–H and O–H groups in total. The van der Waals surface area contributed by atoms with Crippen molar-refractivity contribution in [3.05, 3.63) is 120 Å². The first kappa shape index (κ1) is 31.2. The van der Waals surface area contributed by atoms with Crippen molar-refractivity contribution >= 4 is 39.9 Å². The number of ether oxygens (including phenoxy) is 1. The molecular formula is C37H38N8O2. The van der Waals surface area contributed by atoms with Crippen molar-refractivity contribution in [1.82, 2.24) is 24.7 Å². The van der Waals surface area contributed by atoms with Crippen LogP contribution in [0.25, 0.3) is 16.5 Å². The highest BCUT2D eigenvalue weighted by molar-refractivity contribution is 6.07. The van der Waals surface area contributed by atoms with Crippen molar-refractivity contribution in [3.63, 3.8) is 0 Å². The van der Waals surface area contributed by atoms with Gasteiger partial charge in [0.2, 0.25) is 0 Å². The number of nitrogens with zero attached hydrogens (tertiary/aromatic N) is 5. The van der Waals surface area contributed by atoms with Gasteiger partial charge in [0.25, 0.3) is 0 Å². The van der Waals surface area contributed by atoms with Crippen LogP contribution in [0.1, 0.15) is 49.2 Å². The molecule has 0 bridgehead atoms. The summed E-state index contributed by atoms with van der Waals surface area (Å²) in [6.07, 6.45) is 8.91. The van der Waals surface area contributed by atoms with Gasteiger partial charge in [-0.15, -0.1) is 0 Å². The summed E-state index contributed by atoms with van der Waals surface area (Å²) in [7, 11) is 0. The van der Waals surface area contributed by atoms with Crippen LogP contribution in [-0.2, 0) is 19.4 Å². The van der Waals surface area contributed by atoms with Crippen molar-refractivity contribution in [2.24, 2.45) is 0 Å². The molecule has 0 spiro atoms. The number of unbranched alkanes of at least 4 members (excludes halogenated alkanes) is 1. The lowest BCUT2D eigenvalue weighted by molar-refractivity contribution is 0.262. The lowest BCUT2D eigenvalue weighted by Crippen LogP contribution is -2.21. The van der Waals surface area contributed by atoms with Crippen LogP contribution in [-0.4, -0.2) is 30.8 Å². The molecule has 10 heteroatoms. The molecule has 6 rings (SSSR count). The topological polar surface area (TPSA) is 119 Å². The van der Waals surface area contributed by atoms with E-state index in [1.165, 1.54) is 0 Å². The smallest absolute Gasteiger partial charge is 0.324 e. The van der Waals surface area contributed by atoms with Gasteiger partial charge in [0.05, 0.1) is 29.0 Å². The van der Waals surface area contributed by atoms with Crippen molar-refractivity contribution in [2.45, 2.75) is 53.1 Å². The Balaban J connectivity index is 1.16. The fourth-order valence-electron chi connectivity index (χ4n) is 5.22. The van der Waals surface area contributed by atoms with Crippen LogP contribution < -0.4 is 20.7 Å². The molecule has 0 atom stereocenters. The molecule has 0 unspecified atom stereocenters. The van der Waals surface area contributed by atoms with Crippen LogP contribution in [0.4, 0.5) is 27.9 Å². The molecule has 3 aromatic carbocycles. The molecule has 238 valence electrons. The minimum atomic E-state index is -0.356. The van der Waals surface area contributed by atoms with E-state index in [0.717, 1.165) is 64.7 Å². The van der Waals surface area contributed by atoms with E-state index in [0.29, 0.717) is 35.5 Å². The summed E-state index contributed by atoms with van der Waals surface area (Å²) in [5.41, 5.74) is 5.50. The zero-order valence-corrected chi connectivity index (χ0v) is 26.8. The third-order valence-electron chi connectivity index (χ3n) is 7.72. The van der Waals surface area contributed by atoms with Gasteiger partial charge < -0.3 is 15.4 Å². The molecule has 2 amide bonds. The lowest BCUT2D eigenvalue weighted by atomic mass is 10.1. The number of nitrogens with one attached hydrogen (secondary N) is 3. The zero-order chi connectivity index (χ0) is 32.6. The summed E-state index contributed by atoms with van der Waals surface area (Å²) < 4.78 is 8.07. The maximum atomic E-state index is 13.4. The summed E-state index contributed by atoms with van der Waals surface area (Å²) in [6.45, 7) is 6.57. The minimum absolute atomic E-state index is 0.332. The number of amides is 2. The molecule has 0 aliphatic carbocycles. The zero-order valence-electron chi connectivity index (χ0n) is 26.8. The fraction of sp³-hybridized carbons (Fsp3) is 0.216. The Morgan fingerprint density at radius 3 is 2.51 bits per heavy atom. The average molecular weight is 627 g/mol. The second-order valence-electron chi connectivity index (χ2n) is 11.3. The van der Waals surface area contributed by atoms with Gasteiger partial charge in [-0.2, -0.15) is 5.10 Å². The molecule has 0 fully saturated rings. The molecule has 0 aliphatic heterocycles. The molecule has 47 heavy (non-hydrogen) atoms. The highest BCUT2D eigenvalue weighted by Gasteiger charge is 2.15. The van der Waals surface area contributed by atoms with Crippen LogP contribution in [0.2, 0.25) is 0 Å². The number of fused-ring (bicyclic) bond motifs is 1. The highest BCUT2D eigenvalue weighted by atomic mass is 16.5. The number of hydrogen-bond donors (Lipinski definition) is 3. The number of aryl methyl sites for hydroxylation is 3. The molecule has 0 saturated carbocycles. The van der Waals surface area contributed by atoms with Crippen LogP contribution >= 0.6 is 0 Å². The lowest BCUT2D eigenvalue weighted by Gasteiger charge is -2.15. The van der Waals surface area contributed by atoms with E-state index in [1.807, 2.05) is 92.7 Å². The second kappa shape index (κ2) is 14.6. The van der Waals surface area contributed by atoms with Crippen molar-refractivity contribution in [2.75, 3.05) is 16.0 Å². The Morgan fingerprint density at radius 2 is 1.70 bits per heavy atom. The number of hydrogen-bond acceptors (Lipinski definition) is 7. The molecule has 0 aliphatic rings. The summed E-state index contributed by atoms with van der Waals surface area (Å²) in [4.78, 5) is 26.6. The van der Waals surface area contributed by atoms with Crippen LogP contribution in [0, 0.1) is 6.92 Å². The fourth-order valence-corrected chi connectivity index (χ4v) is 5.22. The Bertz CT molecular complexity index is 1990. The highest BCUT2D eigenvalue weighted by Crippen LogP contribution is 2.32. The Hall–Kier alpha value is -5.77. The van der Waals surface area contributed by atoms with Gasteiger partial charge in [-0.05, 0) is 68.1 Å². The number of aromatic nitrogens is 5. The first-order valence-electron chi connectivity index (χ1n) is 15.9. The van der Waals surface area contributed by atoms with E-state index in [-0.39, 0.29) is 6.03 Å². The number of benzene rings is 3. The van der Waals surface area contributed by atoms with Crippen LogP contribution in [0.5, 0.6) is 5.75 Å². The Kier molecular flexibility index (Phi) is 9.67. The SMILES string of the molecule is CCCCc1cc(NC(=O)Nc2ccc(OCc3ccnc(Nc4cncc(CC)n4)c3)c3ccccc23)n(-c2ccc(C)cc2)n1. The molecule has 3 heterocycles. The monoisotopic (exact) mass is 626 g/mol. The largest absolute Gasteiger partial charge is 0.488 e. The first-order valence-corrected chi connectivity index (χ1v) is 15.9. The number of pyridine rings is 1.